The minimum atomic E-state index is -4.74. The quantitative estimate of drug-likeness (QED) is 0.370. The molecule has 2 aliphatic heterocycles. The largest absolute Gasteiger partial charge is 0.416 e. The van der Waals surface area contributed by atoms with Gasteiger partial charge >= 0.3 is 6.18 Å². The van der Waals surface area contributed by atoms with Gasteiger partial charge in [-0.05, 0) is 24.6 Å². The molecule has 0 bridgehead atoms. The lowest BCUT2D eigenvalue weighted by molar-refractivity contribution is -0.137. The first kappa shape index (κ1) is 30.2. The van der Waals surface area contributed by atoms with Gasteiger partial charge in [-0.2, -0.15) is 22.7 Å². The van der Waals surface area contributed by atoms with E-state index in [1.165, 1.54) is 4.57 Å². The van der Waals surface area contributed by atoms with Crippen LogP contribution >= 0.6 is 0 Å². The Bertz CT molecular complexity index is 1580. The standard InChI is InChI=1S/C26H31F4N9O4/c1-2-19-22(36-7-5-35(6-8-36)21(41)14-31)23(42)39-25(33-24(34-39)37-9-11-43-12-10-37)38(19)15-20(40)32-18-4-3-16(13-17(18)27)26(28,29)30/h3-4,13H,2,5-12,14-15,31H2,1H3,(H,32,40). The van der Waals surface area contributed by atoms with Gasteiger partial charge in [-0.3, -0.25) is 14.4 Å². The molecule has 2 aliphatic rings. The molecule has 17 heteroatoms. The van der Waals surface area contributed by atoms with Gasteiger partial charge in [0.25, 0.3) is 5.56 Å². The summed E-state index contributed by atoms with van der Waals surface area (Å²) >= 11 is 0. The van der Waals surface area contributed by atoms with E-state index in [0.29, 0.717) is 76.7 Å². The van der Waals surface area contributed by atoms with Crippen molar-refractivity contribution in [2.45, 2.75) is 26.1 Å². The number of nitrogens with two attached hydrogens (primary N) is 1. The minimum absolute atomic E-state index is 0.0760. The highest BCUT2D eigenvalue weighted by Gasteiger charge is 2.32. The Hall–Kier alpha value is -4.25. The van der Waals surface area contributed by atoms with Crippen molar-refractivity contribution < 1.29 is 31.9 Å². The summed E-state index contributed by atoms with van der Waals surface area (Å²) in [5.74, 6) is -1.86. The summed E-state index contributed by atoms with van der Waals surface area (Å²) in [7, 11) is 0. The number of hydrogen-bond acceptors (Lipinski definition) is 9. The molecule has 3 N–H and O–H groups in total. The molecule has 2 saturated heterocycles. The van der Waals surface area contributed by atoms with E-state index in [1.54, 1.807) is 11.8 Å². The molecule has 0 saturated carbocycles. The third-order valence-corrected chi connectivity index (χ3v) is 7.44. The number of nitrogens with zero attached hydrogens (tertiary/aromatic N) is 7. The fourth-order valence-electron chi connectivity index (χ4n) is 5.25. The summed E-state index contributed by atoms with van der Waals surface area (Å²) in [5, 5.41) is 6.79. The normalized spacial score (nSPS) is 16.2. The number of rotatable bonds is 7. The van der Waals surface area contributed by atoms with E-state index < -0.39 is 41.3 Å². The average molecular weight is 610 g/mol. The lowest BCUT2D eigenvalue weighted by Gasteiger charge is -2.36. The highest BCUT2D eigenvalue weighted by Crippen LogP contribution is 2.31. The predicted molar refractivity (Wildman–Crippen MR) is 148 cm³/mol. The van der Waals surface area contributed by atoms with Gasteiger partial charge in [0.1, 0.15) is 18.0 Å². The number of carbonyl (C=O) groups is 2. The molecule has 232 valence electrons. The van der Waals surface area contributed by atoms with Gasteiger partial charge in [-0.25, -0.2) is 4.39 Å². The van der Waals surface area contributed by atoms with E-state index in [-0.39, 0.29) is 29.9 Å². The van der Waals surface area contributed by atoms with Crippen molar-refractivity contribution in [1.82, 2.24) is 24.1 Å². The molecule has 2 amide bonds. The fraction of sp³-hybridized carbons (Fsp3) is 0.500. The monoisotopic (exact) mass is 609 g/mol. The number of benzene rings is 1. The number of aromatic nitrogens is 4. The maximum atomic E-state index is 14.5. The highest BCUT2D eigenvalue weighted by molar-refractivity contribution is 5.91. The zero-order valence-corrected chi connectivity index (χ0v) is 23.4. The molecule has 0 radical (unpaired) electrons. The molecular weight excluding hydrogens is 578 g/mol. The van der Waals surface area contributed by atoms with Crippen molar-refractivity contribution in [3.63, 3.8) is 0 Å². The number of piperazine rings is 1. The topological polar surface area (TPSA) is 143 Å². The number of morpholine rings is 1. The maximum absolute atomic E-state index is 14.5. The van der Waals surface area contributed by atoms with Crippen LogP contribution in [0.15, 0.2) is 23.0 Å². The zero-order chi connectivity index (χ0) is 30.9. The van der Waals surface area contributed by atoms with Crippen LogP contribution in [-0.2, 0) is 33.5 Å². The Morgan fingerprint density at radius 2 is 1.77 bits per heavy atom. The number of halogens is 4. The molecule has 13 nitrogen and oxygen atoms in total. The highest BCUT2D eigenvalue weighted by atomic mass is 19.4. The van der Waals surface area contributed by atoms with Crippen LogP contribution in [0.2, 0.25) is 0 Å². The molecule has 0 atom stereocenters. The number of anilines is 3. The van der Waals surface area contributed by atoms with Crippen LogP contribution in [0.25, 0.3) is 5.78 Å². The van der Waals surface area contributed by atoms with Gasteiger partial charge < -0.3 is 35.1 Å². The average Bonchev–Trinajstić information content (AvgIpc) is 3.45. The molecule has 2 aromatic heterocycles. The Kier molecular flexibility index (Phi) is 8.55. The lowest BCUT2D eigenvalue weighted by atomic mass is 10.2. The fourth-order valence-corrected chi connectivity index (χ4v) is 5.25. The van der Waals surface area contributed by atoms with E-state index in [2.05, 4.69) is 15.4 Å². The van der Waals surface area contributed by atoms with Crippen molar-refractivity contribution in [2.24, 2.45) is 5.73 Å². The van der Waals surface area contributed by atoms with Gasteiger partial charge in [0.15, 0.2) is 0 Å². The molecule has 0 unspecified atom stereocenters. The summed E-state index contributed by atoms with van der Waals surface area (Å²) < 4.78 is 61.5. The van der Waals surface area contributed by atoms with Crippen LogP contribution < -0.4 is 26.4 Å². The molecule has 3 aromatic rings. The second-order valence-electron chi connectivity index (χ2n) is 10.1. The summed E-state index contributed by atoms with van der Waals surface area (Å²) in [6.07, 6.45) is -4.45. The summed E-state index contributed by atoms with van der Waals surface area (Å²) in [6, 6.07) is 1.83. The maximum Gasteiger partial charge on any atom is 0.416 e. The second kappa shape index (κ2) is 12.2. The van der Waals surface area contributed by atoms with E-state index in [9.17, 15) is 31.9 Å². The van der Waals surface area contributed by atoms with Crippen molar-refractivity contribution in [3.05, 3.63) is 45.6 Å². The number of carbonyl (C=O) groups excluding carboxylic acids is 2. The molecule has 0 spiro atoms. The first-order valence-electron chi connectivity index (χ1n) is 13.8. The van der Waals surface area contributed by atoms with Gasteiger partial charge in [0, 0.05) is 39.3 Å². The lowest BCUT2D eigenvalue weighted by Crippen LogP contribution is -2.52. The van der Waals surface area contributed by atoms with E-state index in [4.69, 9.17) is 10.5 Å². The van der Waals surface area contributed by atoms with Crippen molar-refractivity contribution in [1.29, 1.82) is 0 Å². The van der Waals surface area contributed by atoms with Crippen LogP contribution in [0.5, 0.6) is 0 Å². The molecule has 2 fully saturated rings. The molecular formula is C26H31F4N9O4. The predicted octanol–water partition coefficient (Wildman–Crippen LogP) is 0.694. The molecule has 4 heterocycles. The SMILES string of the molecule is CCc1c(N2CCN(C(=O)CN)CC2)c(=O)n2nc(N3CCOCC3)nc2n1CC(=O)Nc1ccc(C(F)(F)F)cc1F. The smallest absolute Gasteiger partial charge is 0.378 e. The Morgan fingerprint density at radius 1 is 1.07 bits per heavy atom. The second-order valence-corrected chi connectivity index (χ2v) is 10.1. The van der Waals surface area contributed by atoms with Crippen molar-refractivity contribution in [3.8, 4) is 0 Å². The number of amides is 2. The first-order chi connectivity index (χ1) is 20.5. The van der Waals surface area contributed by atoms with Crippen LogP contribution in [0.1, 0.15) is 18.2 Å². The van der Waals surface area contributed by atoms with Gasteiger partial charge in [0.05, 0.1) is 36.7 Å². The van der Waals surface area contributed by atoms with Crippen LogP contribution in [0, 0.1) is 5.82 Å². The summed E-state index contributed by atoms with van der Waals surface area (Å²) in [6.45, 7) is 4.42. The van der Waals surface area contributed by atoms with E-state index >= 15 is 0 Å². The van der Waals surface area contributed by atoms with Gasteiger partial charge in [0.2, 0.25) is 23.5 Å². The number of fused-ring (bicyclic) bond motifs is 1. The van der Waals surface area contributed by atoms with Gasteiger partial charge in [-0.1, -0.05) is 6.92 Å². The van der Waals surface area contributed by atoms with Crippen LogP contribution in [0.3, 0.4) is 0 Å². The Balaban J connectivity index is 1.53. The van der Waals surface area contributed by atoms with Crippen LogP contribution in [-0.4, -0.2) is 94.9 Å². The molecule has 43 heavy (non-hydrogen) atoms. The van der Waals surface area contributed by atoms with Gasteiger partial charge in [-0.15, -0.1) is 5.10 Å². The first-order valence-corrected chi connectivity index (χ1v) is 13.8. The van der Waals surface area contributed by atoms with E-state index in [1.807, 2.05) is 9.80 Å². The number of ether oxygens (including phenoxy) is 1. The minimum Gasteiger partial charge on any atom is -0.378 e. The number of alkyl halides is 3. The zero-order valence-electron chi connectivity index (χ0n) is 23.4. The van der Waals surface area contributed by atoms with Crippen molar-refractivity contribution >= 4 is 34.9 Å². The number of hydrogen-bond donors (Lipinski definition) is 2. The molecule has 0 aliphatic carbocycles. The Labute approximate surface area is 242 Å². The van der Waals surface area contributed by atoms with E-state index in [0.717, 1.165) is 10.6 Å². The number of nitrogens with one attached hydrogen (secondary N) is 1. The Morgan fingerprint density at radius 3 is 2.37 bits per heavy atom. The van der Waals surface area contributed by atoms with Crippen molar-refractivity contribution in [2.75, 3.05) is 74.1 Å². The molecule has 1 aromatic carbocycles. The van der Waals surface area contributed by atoms with Crippen LogP contribution in [0.4, 0.5) is 34.9 Å². The summed E-state index contributed by atoms with van der Waals surface area (Å²) in [5.41, 5.74) is 4.17. The summed E-state index contributed by atoms with van der Waals surface area (Å²) in [4.78, 5) is 49.0. The molecule has 5 rings (SSSR count). The third-order valence-electron chi connectivity index (χ3n) is 7.44. The third kappa shape index (κ3) is 6.13.